The van der Waals surface area contributed by atoms with Crippen LogP contribution < -0.4 is 15.4 Å². The molecule has 4 heteroatoms. The van der Waals surface area contributed by atoms with Gasteiger partial charge in [0.15, 0.2) is 0 Å². The zero-order chi connectivity index (χ0) is 14.2. The van der Waals surface area contributed by atoms with Crippen molar-refractivity contribution in [1.82, 2.24) is 0 Å². The third-order valence-corrected chi connectivity index (χ3v) is 4.21. The summed E-state index contributed by atoms with van der Waals surface area (Å²) in [5, 5.41) is 0. The Morgan fingerprint density at radius 2 is 2.00 bits per heavy atom. The van der Waals surface area contributed by atoms with Gasteiger partial charge in [-0.05, 0) is 25.2 Å². The highest BCUT2D eigenvalue weighted by atomic mass is 19.1. The Morgan fingerprint density at radius 3 is 2.63 bits per heavy atom. The molecule has 1 aliphatic rings. The number of anilines is 2. The summed E-state index contributed by atoms with van der Waals surface area (Å²) in [6.45, 7) is 7.45. The first-order chi connectivity index (χ1) is 8.93. The van der Waals surface area contributed by atoms with Gasteiger partial charge < -0.3 is 15.4 Å². The van der Waals surface area contributed by atoms with Crippen molar-refractivity contribution in [2.45, 2.75) is 33.2 Å². The van der Waals surface area contributed by atoms with E-state index in [1.807, 2.05) is 0 Å². The van der Waals surface area contributed by atoms with Crippen LogP contribution in [0, 0.1) is 17.7 Å². The van der Waals surface area contributed by atoms with Crippen LogP contribution in [0.1, 0.15) is 27.2 Å². The molecule has 2 N–H and O–H groups in total. The fourth-order valence-electron chi connectivity index (χ4n) is 2.99. The molecule has 0 radical (unpaired) electrons. The lowest BCUT2D eigenvalue weighted by Gasteiger charge is -2.42. The van der Waals surface area contributed by atoms with Crippen molar-refractivity contribution < 1.29 is 9.13 Å². The lowest BCUT2D eigenvalue weighted by molar-refractivity contribution is 0.294. The van der Waals surface area contributed by atoms with Crippen LogP contribution in [0.15, 0.2) is 12.1 Å². The molecule has 0 bridgehead atoms. The van der Waals surface area contributed by atoms with Gasteiger partial charge in [-0.15, -0.1) is 0 Å². The minimum atomic E-state index is -0.272. The van der Waals surface area contributed by atoms with E-state index in [2.05, 4.69) is 25.7 Å². The van der Waals surface area contributed by atoms with E-state index in [0.717, 1.165) is 6.54 Å². The van der Waals surface area contributed by atoms with Crippen molar-refractivity contribution in [2.75, 3.05) is 24.3 Å². The van der Waals surface area contributed by atoms with Gasteiger partial charge in [0.05, 0.1) is 18.5 Å². The van der Waals surface area contributed by atoms with Crippen molar-refractivity contribution in [1.29, 1.82) is 0 Å². The van der Waals surface area contributed by atoms with Gasteiger partial charge in [-0.3, -0.25) is 0 Å². The molecule has 1 aromatic carbocycles. The third kappa shape index (κ3) is 2.62. The first-order valence-electron chi connectivity index (χ1n) is 6.83. The van der Waals surface area contributed by atoms with E-state index in [1.165, 1.54) is 12.5 Å². The summed E-state index contributed by atoms with van der Waals surface area (Å²) in [6, 6.07) is 3.38. The van der Waals surface area contributed by atoms with Crippen LogP contribution in [0.4, 0.5) is 15.8 Å². The summed E-state index contributed by atoms with van der Waals surface area (Å²) in [4.78, 5) is 2.14. The number of hydrogen-bond acceptors (Lipinski definition) is 3. The highest BCUT2D eigenvalue weighted by Crippen LogP contribution is 2.36. The van der Waals surface area contributed by atoms with Crippen LogP contribution in [-0.4, -0.2) is 19.7 Å². The Bertz CT molecular complexity index is 464. The Morgan fingerprint density at radius 1 is 1.32 bits per heavy atom. The van der Waals surface area contributed by atoms with Gasteiger partial charge in [-0.1, -0.05) is 13.8 Å². The quantitative estimate of drug-likeness (QED) is 0.835. The lowest BCUT2D eigenvalue weighted by atomic mass is 9.85. The van der Waals surface area contributed by atoms with E-state index < -0.39 is 0 Å². The maximum absolute atomic E-state index is 14.2. The van der Waals surface area contributed by atoms with Gasteiger partial charge in [-0.25, -0.2) is 4.39 Å². The van der Waals surface area contributed by atoms with E-state index in [9.17, 15) is 4.39 Å². The van der Waals surface area contributed by atoms with Crippen molar-refractivity contribution in [3.63, 3.8) is 0 Å². The average Bonchev–Trinajstić information content (AvgIpc) is 2.34. The van der Waals surface area contributed by atoms with Gasteiger partial charge in [0, 0.05) is 24.7 Å². The zero-order valence-corrected chi connectivity index (χ0v) is 12.1. The number of piperidine rings is 1. The van der Waals surface area contributed by atoms with Crippen LogP contribution in [0.2, 0.25) is 0 Å². The first-order valence-corrected chi connectivity index (χ1v) is 6.83. The topological polar surface area (TPSA) is 38.5 Å². The summed E-state index contributed by atoms with van der Waals surface area (Å²) < 4.78 is 19.4. The predicted molar refractivity (Wildman–Crippen MR) is 77.1 cm³/mol. The Hall–Kier alpha value is -1.45. The number of hydrogen-bond donors (Lipinski definition) is 1. The molecule has 1 saturated heterocycles. The number of nitrogens with two attached hydrogens (primary N) is 1. The highest BCUT2D eigenvalue weighted by Gasteiger charge is 2.30. The largest absolute Gasteiger partial charge is 0.495 e. The van der Waals surface area contributed by atoms with Crippen LogP contribution in [0.5, 0.6) is 5.75 Å². The van der Waals surface area contributed by atoms with Crippen LogP contribution in [0.25, 0.3) is 0 Å². The molecule has 3 unspecified atom stereocenters. The molecule has 0 amide bonds. The molecule has 0 aliphatic carbocycles. The van der Waals surface area contributed by atoms with Crippen LogP contribution in [0.3, 0.4) is 0 Å². The Kier molecular flexibility index (Phi) is 3.88. The highest BCUT2D eigenvalue weighted by molar-refractivity contribution is 5.63. The molecule has 106 valence electrons. The average molecular weight is 266 g/mol. The van der Waals surface area contributed by atoms with Gasteiger partial charge >= 0.3 is 0 Å². The van der Waals surface area contributed by atoms with Crippen LogP contribution >= 0.6 is 0 Å². The summed E-state index contributed by atoms with van der Waals surface area (Å²) in [5.41, 5.74) is 6.67. The van der Waals surface area contributed by atoms with Gasteiger partial charge in [0.25, 0.3) is 0 Å². The van der Waals surface area contributed by atoms with Crippen molar-refractivity contribution in [2.24, 2.45) is 11.8 Å². The van der Waals surface area contributed by atoms with E-state index >= 15 is 0 Å². The lowest BCUT2D eigenvalue weighted by Crippen LogP contribution is -2.46. The maximum Gasteiger partial charge on any atom is 0.148 e. The number of rotatable bonds is 2. The second-order valence-corrected chi connectivity index (χ2v) is 5.76. The number of methoxy groups -OCH3 is 1. The van der Waals surface area contributed by atoms with Crippen molar-refractivity contribution in [3.05, 3.63) is 17.9 Å². The van der Waals surface area contributed by atoms with E-state index in [1.54, 1.807) is 13.2 Å². The number of nitrogen functional groups attached to an aromatic ring is 1. The molecule has 2 rings (SSSR count). The second-order valence-electron chi connectivity index (χ2n) is 5.76. The number of benzene rings is 1. The maximum atomic E-state index is 14.2. The van der Waals surface area contributed by atoms with Gasteiger partial charge in [0.2, 0.25) is 0 Å². The molecule has 1 aromatic rings. The normalized spacial score (nSPS) is 27.4. The van der Waals surface area contributed by atoms with E-state index in [-0.39, 0.29) is 5.82 Å². The van der Waals surface area contributed by atoms with E-state index in [0.29, 0.717) is 35.0 Å². The Balaban J connectivity index is 2.39. The van der Waals surface area contributed by atoms with Gasteiger partial charge in [0.1, 0.15) is 11.6 Å². The minimum absolute atomic E-state index is 0.272. The van der Waals surface area contributed by atoms with Crippen LogP contribution in [-0.2, 0) is 0 Å². The Labute approximate surface area is 114 Å². The zero-order valence-electron chi connectivity index (χ0n) is 12.1. The number of nitrogens with zero attached hydrogens (tertiary/aromatic N) is 1. The predicted octanol–water partition coefficient (Wildman–Crippen LogP) is 3.29. The molecule has 0 spiro atoms. The minimum Gasteiger partial charge on any atom is -0.495 e. The third-order valence-electron chi connectivity index (χ3n) is 4.21. The summed E-state index contributed by atoms with van der Waals surface area (Å²) in [6.07, 6.45) is 1.19. The van der Waals surface area contributed by atoms with Crippen molar-refractivity contribution in [3.8, 4) is 5.75 Å². The summed E-state index contributed by atoms with van der Waals surface area (Å²) in [7, 11) is 1.55. The summed E-state index contributed by atoms with van der Waals surface area (Å²) in [5.74, 6) is 1.38. The molecule has 1 fully saturated rings. The number of halogens is 1. The summed E-state index contributed by atoms with van der Waals surface area (Å²) >= 11 is 0. The standard InChI is InChI=1S/C15H23FN2O/c1-9-5-10(2)11(3)18(8-9)14-7-15(19-4)13(17)6-12(14)16/h6-7,9-11H,5,8,17H2,1-4H3. The fraction of sp³-hybridized carbons (Fsp3) is 0.600. The molecule has 1 heterocycles. The van der Waals surface area contributed by atoms with Crippen molar-refractivity contribution >= 4 is 11.4 Å². The molecule has 3 atom stereocenters. The monoisotopic (exact) mass is 266 g/mol. The van der Waals surface area contributed by atoms with Gasteiger partial charge in [-0.2, -0.15) is 0 Å². The smallest absolute Gasteiger partial charge is 0.148 e. The SMILES string of the molecule is COc1cc(N2CC(C)CC(C)C2C)c(F)cc1N. The van der Waals surface area contributed by atoms with E-state index in [4.69, 9.17) is 10.5 Å². The molecule has 3 nitrogen and oxygen atoms in total. The molecule has 0 saturated carbocycles. The first kappa shape index (κ1) is 14.0. The molecule has 0 aromatic heterocycles. The molecule has 19 heavy (non-hydrogen) atoms. The molecular formula is C15H23FN2O. The second kappa shape index (κ2) is 5.27. The number of ether oxygens (including phenoxy) is 1. The fourth-order valence-corrected chi connectivity index (χ4v) is 2.99. The molecule has 1 aliphatic heterocycles. The molecular weight excluding hydrogens is 243 g/mol.